The maximum atomic E-state index is 11.5. The number of aliphatic hydroxyl groups excluding tert-OH is 2. The number of aromatic nitrogens is 3. The second kappa shape index (κ2) is 5.49. The summed E-state index contributed by atoms with van der Waals surface area (Å²) in [7, 11) is 0. The summed E-state index contributed by atoms with van der Waals surface area (Å²) < 4.78 is 6.58. The first-order chi connectivity index (χ1) is 8.63. The summed E-state index contributed by atoms with van der Waals surface area (Å²) in [6.07, 6.45) is 1.80. The molecule has 2 aromatic rings. The molecular weight excluding hydrogens is 262 g/mol. The van der Waals surface area contributed by atoms with Crippen molar-refractivity contribution < 1.29 is 14.9 Å². The Kier molecular flexibility index (Phi) is 3.97. The van der Waals surface area contributed by atoms with E-state index in [0.717, 1.165) is 0 Å². The lowest BCUT2D eigenvalue weighted by Crippen LogP contribution is -2.16. The minimum Gasteiger partial charge on any atom is -0.396 e. The molecule has 3 N–H and O–H groups in total. The van der Waals surface area contributed by atoms with Gasteiger partial charge in [0.15, 0.2) is 11.9 Å². The number of hydrogen-bond donors (Lipinski definition) is 3. The lowest BCUT2D eigenvalue weighted by atomic mass is 10.4. The Hall–Kier alpha value is -1.41. The van der Waals surface area contributed by atoms with Gasteiger partial charge in [0.25, 0.3) is 5.56 Å². The van der Waals surface area contributed by atoms with Gasteiger partial charge in [0.2, 0.25) is 0 Å². The normalized spacial score (nSPS) is 13.1. The molecule has 98 valence electrons. The Morgan fingerprint density at radius 1 is 1.61 bits per heavy atom. The van der Waals surface area contributed by atoms with Gasteiger partial charge in [-0.05, 0) is 0 Å². The number of fused-ring (bicyclic) bond motifs is 1. The zero-order valence-electron chi connectivity index (χ0n) is 9.34. The number of halogens is 1. The average Bonchev–Trinajstić information content (AvgIpc) is 2.65. The first kappa shape index (κ1) is 13.0. The minimum atomic E-state index is -1.08. The molecule has 2 rings (SSSR count). The molecule has 2 aromatic heterocycles. The van der Waals surface area contributed by atoms with E-state index < -0.39 is 6.29 Å². The highest BCUT2D eigenvalue weighted by atomic mass is 35.5. The first-order valence-electron chi connectivity index (χ1n) is 5.26. The van der Waals surface area contributed by atoms with Crippen LogP contribution in [0.25, 0.3) is 11.0 Å². The fourth-order valence-corrected chi connectivity index (χ4v) is 1.83. The van der Waals surface area contributed by atoms with Crippen LogP contribution in [-0.2, 0) is 11.5 Å². The van der Waals surface area contributed by atoms with Crippen LogP contribution in [0.3, 0.4) is 0 Å². The summed E-state index contributed by atoms with van der Waals surface area (Å²) >= 11 is 5.92. The summed E-state index contributed by atoms with van der Waals surface area (Å²) in [4.78, 5) is 18.0. The van der Waals surface area contributed by atoms with Gasteiger partial charge in [-0.25, -0.2) is 4.98 Å². The van der Waals surface area contributed by atoms with E-state index in [4.69, 9.17) is 21.4 Å². The van der Waals surface area contributed by atoms with Gasteiger partial charge in [-0.1, -0.05) is 11.6 Å². The zero-order valence-corrected chi connectivity index (χ0v) is 10.1. The summed E-state index contributed by atoms with van der Waals surface area (Å²) in [6, 6.07) is 0. The standard InChI is InChI=1S/C10H12ClN3O4/c11-6-3-14(5-18-7(16)1-2-15)9-8(6)10(17)13-4-12-9/h3-4,7,15-16H,1-2,5H2,(H,12,13,17). The fourth-order valence-electron chi connectivity index (χ4n) is 1.54. The van der Waals surface area contributed by atoms with E-state index in [9.17, 15) is 9.90 Å². The molecule has 0 amide bonds. The Morgan fingerprint density at radius 2 is 2.39 bits per heavy atom. The molecule has 0 saturated carbocycles. The van der Waals surface area contributed by atoms with E-state index in [2.05, 4.69) is 9.97 Å². The zero-order chi connectivity index (χ0) is 13.1. The van der Waals surface area contributed by atoms with Crippen molar-refractivity contribution in [3.63, 3.8) is 0 Å². The molecule has 0 spiro atoms. The van der Waals surface area contributed by atoms with Crippen molar-refractivity contribution in [2.45, 2.75) is 19.4 Å². The molecule has 0 fully saturated rings. The predicted octanol–water partition coefficient (Wildman–Crippen LogP) is 0.0529. The average molecular weight is 274 g/mol. The monoisotopic (exact) mass is 273 g/mol. The summed E-state index contributed by atoms with van der Waals surface area (Å²) in [6.45, 7) is -0.187. The Balaban J connectivity index is 2.24. The van der Waals surface area contributed by atoms with Crippen molar-refractivity contribution >= 4 is 22.6 Å². The van der Waals surface area contributed by atoms with E-state index >= 15 is 0 Å². The third-order valence-electron chi connectivity index (χ3n) is 2.40. The van der Waals surface area contributed by atoms with Crippen molar-refractivity contribution in [1.29, 1.82) is 0 Å². The van der Waals surface area contributed by atoms with Gasteiger partial charge in [-0.3, -0.25) is 4.79 Å². The molecule has 0 aliphatic carbocycles. The topological polar surface area (TPSA) is 100 Å². The van der Waals surface area contributed by atoms with E-state index in [1.165, 1.54) is 17.1 Å². The van der Waals surface area contributed by atoms with E-state index in [0.29, 0.717) is 5.65 Å². The molecular formula is C10H12ClN3O4. The highest BCUT2D eigenvalue weighted by Crippen LogP contribution is 2.20. The molecule has 0 bridgehead atoms. The van der Waals surface area contributed by atoms with Crippen LogP contribution in [0, 0.1) is 0 Å². The minimum absolute atomic E-state index is 0.0131. The van der Waals surface area contributed by atoms with Crippen molar-refractivity contribution in [2.75, 3.05) is 6.61 Å². The van der Waals surface area contributed by atoms with Crippen LogP contribution < -0.4 is 5.56 Å². The second-order valence-electron chi connectivity index (χ2n) is 3.64. The molecule has 0 aliphatic heterocycles. The maximum absolute atomic E-state index is 11.5. The number of ether oxygens (including phenoxy) is 1. The van der Waals surface area contributed by atoms with Crippen molar-refractivity contribution in [1.82, 2.24) is 14.5 Å². The third-order valence-corrected chi connectivity index (χ3v) is 2.68. The van der Waals surface area contributed by atoms with Crippen LogP contribution in [0.5, 0.6) is 0 Å². The number of H-pyrrole nitrogens is 1. The lowest BCUT2D eigenvalue weighted by Gasteiger charge is -2.11. The van der Waals surface area contributed by atoms with Crippen LogP contribution in [0.1, 0.15) is 6.42 Å². The molecule has 8 heteroatoms. The number of nitrogens with one attached hydrogen (secondary N) is 1. The summed E-state index contributed by atoms with van der Waals surface area (Å²) in [5.74, 6) is 0. The number of aromatic amines is 1. The van der Waals surface area contributed by atoms with Gasteiger partial charge in [-0.2, -0.15) is 0 Å². The Morgan fingerprint density at radius 3 is 3.11 bits per heavy atom. The molecule has 1 unspecified atom stereocenters. The third kappa shape index (κ3) is 2.54. The number of nitrogens with zero attached hydrogens (tertiary/aromatic N) is 2. The maximum Gasteiger partial charge on any atom is 0.261 e. The van der Waals surface area contributed by atoms with Crippen LogP contribution in [0.2, 0.25) is 5.02 Å². The molecule has 2 heterocycles. The smallest absolute Gasteiger partial charge is 0.261 e. The van der Waals surface area contributed by atoms with Gasteiger partial charge in [0.1, 0.15) is 12.1 Å². The van der Waals surface area contributed by atoms with E-state index in [-0.39, 0.29) is 35.7 Å². The van der Waals surface area contributed by atoms with Gasteiger partial charge in [-0.15, -0.1) is 0 Å². The molecule has 1 atom stereocenters. The molecule has 0 aromatic carbocycles. The predicted molar refractivity (Wildman–Crippen MR) is 64.2 cm³/mol. The molecule has 0 aliphatic rings. The lowest BCUT2D eigenvalue weighted by molar-refractivity contribution is -0.132. The molecule has 18 heavy (non-hydrogen) atoms. The highest BCUT2D eigenvalue weighted by molar-refractivity contribution is 6.35. The van der Waals surface area contributed by atoms with Crippen LogP contribution in [0.4, 0.5) is 0 Å². The van der Waals surface area contributed by atoms with Crippen LogP contribution in [-0.4, -0.2) is 37.6 Å². The number of hydrogen-bond acceptors (Lipinski definition) is 5. The second-order valence-corrected chi connectivity index (χ2v) is 4.05. The van der Waals surface area contributed by atoms with Gasteiger partial charge < -0.3 is 24.5 Å². The largest absolute Gasteiger partial charge is 0.396 e. The van der Waals surface area contributed by atoms with Crippen LogP contribution >= 0.6 is 11.6 Å². The number of aliphatic hydroxyl groups is 2. The number of rotatable bonds is 5. The van der Waals surface area contributed by atoms with Gasteiger partial charge in [0.05, 0.1) is 11.3 Å². The molecule has 0 saturated heterocycles. The van der Waals surface area contributed by atoms with Gasteiger partial charge >= 0.3 is 0 Å². The van der Waals surface area contributed by atoms with Crippen molar-refractivity contribution in [2.24, 2.45) is 0 Å². The quantitative estimate of drug-likeness (QED) is 0.669. The summed E-state index contributed by atoms with van der Waals surface area (Å²) in [5.41, 5.74) is 0.0413. The molecule has 0 radical (unpaired) electrons. The van der Waals surface area contributed by atoms with Gasteiger partial charge in [0, 0.05) is 19.2 Å². The fraction of sp³-hybridized carbons (Fsp3) is 0.400. The SMILES string of the molecule is O=c1[nH]cnc2c1c(Cl)cn2COC(O)CCO. The van der Waals surface area contributed by atoms with Crippen molar-refractivity contribution in [3.8, 4) is 0 Å². The Labute approximate surface area is 107 Å². The summed E-state index contributed by atoms with van der Waals surface area (Å²) in [5, 5.41) is 18.5. The van der Waals surface area contributed by atoms with E-state index in [1.54, 1.807) is 0 Å². The molecule has 7 nitrogen and oxygen atoms in total. The highest BCUT2D eigenvalue weighted by Gasteiger charge is 2.12. The first-order valence-corrected chi connectivity index (χ1v) is 5.64. The van der Waals surface area contributed by atoms with Crippen LogP contribution in [0.15, 0.2) is 17.3 Å². The van der Waals surface area contributed by atoms with Crippen molar-refractivity contribution in [3.05, 3.63) is 27.9 Å². The Bertz CT molecular complexity index is 594. The van der Waals surface area contributed by atoms with E-state index in [1.807, 2.05) is 0 Å².